The second-order valence-electron chi connectivity index (χ2n) is 7.05. The minimum atomic E-state index is -0.486. The molecule has 0 unspecified atom stereocenters. The molecular weight excluding hydrogens is 384 g/mol. The van der Waals surface area contributed by atoms with E-state index in [1.807, 2.05) is 55.5 Å². The fourth-order valence-electron chi connectivity index (χ4n) is 3.87. The summed E-state index contributed by atoms with van der Waals surface area (Å²) >= 11 is 6.59. The van der Waals surface area contributed by atoms with E-state index >= 15 is 0 Å². The van der Waals surface area contributed by atoms with Gasteiger partial charge in [0.05, 0.1) is 11.4 Å². The summed E-state index contributed by atoms with van der Waals surface area (Å²) < 4.78 is 5.86. The Morgan fingerprint density at radius 3 is 2.79 bits per heavy atom. The molecule has 0 saturated heterocycles. The molecule has 2 N–H and O–H groups in total. The lowest BCUT2D eigenvalue weighted by Crippen LogP contribution is -2.21. The van der Waals surface area contributed by atoms with Gasteiger partial charge in [-0.1, -0.05) is 41.4 Å². The summed E-state index contributed by atoms with van der Waals surface area (Å²) in [5.41, 5.74) is 10.6. The van der Waals surface area contributed by atoms with Gasteiger partial charge in [-0.25, -0.2) is 4.98 Å². The molecule has 0 fully saturated rings. The molecular formula is C23H15ClN4O. The van der Waals surface area contributed by atoms with E-state index in [1.54, 1.807) is 6.20 Å². The second-order valence-corrected chi connectivity index (χ2v) is 7.41. The van der Waals surface area contributed by atoms with Gasteiger partial charge in [0.25, 0.3) is 0 Å². The third kappa shape index (κ3) is 2.69. The molecule has 0 spiro atoms. The molecule has 0 bridgehead atoms. The average molecular weight is 399 g/mol. The number of nitrogens with two attached hydrogens (primary N) is 1. The van der Waals surface area contributed by atoms with Gasteiger partial charge in [0, 0.05) is 28.1 Å². The molecule has 2 aromatic carbocycles. The van der Waals surface area contributed by atoms with E-state index in [-0.39, 0.29) is 5.88 Å². The van der Waals surface area contributed by atoms with Crippen molar-refractivity contribution in [3.63, 3.8) is 0 Å². The minimum Gasteiger partial charge on any atom is -0.438 e. The molecule has 0 saturated carbocycles. The highest BCUT2D eigenvalue weighted by atomic mass is 35.5. The topological polar surface area (TPSA) is 84.8 Å². The molecule has 6 heteroatoms. The fourth-order valence-corrected chi connectivity index (χ4v) is 4.12. The van der Waals surface area contributed by atoms with Crippen LogP contribution in [0.15, 0.2) is 66.2 Å². The molecule has 5 rings (SSSR count). The first kappa shape index (κ1) is 17.5. The van der Waals surface area contributed by atoms with Gasteiger partial charge in [-0.3, -0.25) is 4.98 Å². The van der Waals surface area contributed by atoms with Gasteiger partial charge < -0.3 is 10.5 Å². The fraction of sp³-hybridized carbons (Fsp3) is 0.0870. The number of fused-ring (bicyclic) bond motifs is 4. The molecule has 2 aromatic heterocycles. The Kier molecular flexibility index (Phi) is 3.90. The molecule has 0 radical (unpaired) electrons. The summed E-state index contributed by atoms with van der Waals surface area (Å²) in [5, 5.41) is 12.0. The largest absolute Gasteiger partial charge is 0.438 e. The van der Waals surface area contributed by atoms with Crippen molar-refractivity contribution in [3.8, 4) is 11.8 Å². The van der Waals surface area contributed by atoms with Crippen molar-refractivity contribution in [1.82, 2.24) is 9.97 Å². The predicted octanol–water partition coefficient (Wildman–Crippen LogP) is 4.96. The van der Waals surface area contributed by atoms with E-state index in [9.17, 15) is 5.26 Å². The van der Waals surface area contributed by atoms with Crippen LogP contribution >= 0.6 is 11.6 Å². The lowest BCUT2D eigenvalue weighted by atomic mass is 9.83. The average Bonchev–Trinajstić information content (AvgIpc) is 2.72. The normalized spacial score (nSPS) is 15.8. The number of nitrogens with zero attached hydrogens (tertiary/aromatic N) is 3. The van der Waals surface area contributed by atoms with E-state index in [2.05, 4.69) is 16.0 Å². The van der Waals surface area contributed by atoms with Crippen molar-refractivity contribution in [3.05, 3.63) is 88.0 Å². The third-order valence-electron chi connectivity index (χ3n) is 5.22. The van der Waals surface area contributed by atoms with E-state index in [0.717, 1.165) is 27.4 Å². The maximum absolute atomic E-state index is 9.83. The zero-order valence-electron chi connectivity index (χ0n) is 15.5. The number of rotatable bonds is 1. The first-order chi connectivity index (χ1) is 14.1. The Balaban J connectivity index is 1.82. The van der Waals surface area contributed by atoms with Crippen LogP contribution in [-0.4, -0.2) is 9.97 Å². The van der Waals surface area contributed by atoms with Gasteiger partial charge in [-0.2, -0.15) is 5.26 Å². The van der Waals surface area contributed by atoms with Crippen molar-refractivity contribution in [2.24, 2.45) is 5.73 Å². The zero-order chi connectivity index (χ0) is 20.1. The number of aryl methyl sites for hydroxylation is 1. The number of hydrogen-bond donors (Lipinski definition) is 1. The van der Waals surface area contributed by atoms with E-state index in [4.69, 9.17) is 22.1 Å². The predicted molar refractivity (Wildman–Crippen MR) is 113 cm³/mol. The lowest BCUT2D eigenvalue weighted by molar-refractivity contribution is 0.397. The Labute approximate surface area is 172 Å². The van der Waals surface area contributed by atoms with E-state index in [1.165, 1.54) is 0 Å². The highest BCUT2D eigenvalue weighted by molar-refractivity contribution is 6.30. The summed E-state index contributed by atoms with van der Waals surface area (Å²) in [6.07, 6.45) is 1.70. The smallest absolute Gasteiger partial charge is 0.205 e. The number of nitriles is 1. The maximum Gasteiger partial charge on any atom is 0.205 e. The van der Waals surface area contributed by atoms with Crippen molar-refractivity contribution in [1.29, 1.82) is 5.26 Å². The molecule has 5 nitrogen and oxygen atoms in total. The van der Waals surface area contributed by atoms with Crippen LogP contribution in [0, 0.1) is 18.3 Å². The van der Waals surface area contributed by atoms with E-state index in [0.29, 0.717) is 27.6 Å². The zero-order valence-corrected chi connectivity index (χ0v) is 16.2. The van der Waals surface area contributed by atoms with Gasteiger partial charge >= 0.3 is 0 Å². The number of aromatic nitrogens is 2. The Hall–Kier alpha value is -3.62. The Morgan fingerprint density at radius 1 is 1.10 bits per heavy atom. The highest BCUT2D eigenvalue weighted by Gasteiger charge is 2.33. The van der Waals surface area contributed by atoms with Crippen LogP contribution in [0.25, 0.3) is 21.8 Å². The van der Waals surface area contributed by atoms with Crippen LogP contribution in [0.2, 0.25) is 5.15 Å². The highest BCUT2D eigenvalue weighted by Crippen LogP contribution is 2.46. The van der Waals surface area contributed by atoms with Crippen LogP contribution in [-0.2, 0) is 0 Å². The molecule has 1 atom stereocenters. The number of allylic oxidation sites excluding steroid dienone is 1. The molecule has 4 aromatic rings. The molecule has 3 heterocycles. The SMILES string of the molecule is Cc1ccc2nc(Cl)c([C@H]3C(C#N)=C(N)Oc4c3ccc3cccnc43)cc2c1. The summed E-state index contributed by atoms with van der Waals surface area (Å²) in [6.45, 7) is 2.02. The number of hydrogen-bond acceptors (Lipinski definition) is 5. The first-order valence-electron chi connectivity index (χ1n) is 9.09. The van der Waals surface area contributed by atoms with Crippen LogP contribution < -0.4 is 10.5 Å². The van der Waals surface area contributed by atoms with Crippen LogP contribution in [0.4, 0.5) is 0 Å². The van der Waals surface area contributed by atoms with E-state index < -0.39 is 5.92 Å². The summed E-state index contributed by atoms with van der Waals surface area (Å²) in [5.74, 6) is 0.119. The van der Waals surface area contributed by atoms with Crippen molar-refractivity contribution in [2.75, 3.05) is 0 Å². The molecule has 0 aliphatic carbocycles. The first-order valence-corrected chi connectivity index (χ1v) is 9.46. The number of pyridine rings is 2. The van der Waals surface area contributed by atoms with Gasteiger partial charge in [0.2, 0.25) is 5.88 Å². The molecule has 29 heavy (non-hydrogen) atoms. The van der Waals surface area contributed by atoms with Crippen LogP contribution in [0.3, 0.4) is 0 Å². The van der Waals surface area contributed by atoms with Gasteiger partial charge in [0.1, 0.15) is 22.3 Å². The quantitative estimate of drug-likeness (QED) is 0.458. The van der Waals surface area contributed by atoms with Gasteiger partial charge in [-0.05, 0) is 31.2 Å². The van der Waals surface area contributed by atoms with Crippen molar-refractivity contribution in [2.45, 2.75) is 12.8 Å². The van der Waals surface area contributed by atoms with Crippen molar-refractivity contribution >= 4 is 33.4 Å². The monoisotopic (exact) mass is 398 g/mol. The molecule has 140 valence electrons. The standard InChI is InChI=1S/C23H15ClN4O/c1-12-4-7-18-14(9-12)10-16(22(24)28-18)19-15-6-5-13-3-2-8-27-20(13)21(15)29-23(26)17(19)11-25/h2-10,19H,26H2,1H3/t19-/m0/s1. The van der Waals surface area contributed by atoms with Gasteiger partial charge in [0.15, 0.2) is 5.75 Å². The molecule has 1 aliphatic heterocycles. The maximum atomic E-state index is 9.83. The lowest BCUT2D eigenvalue weighted by Gasteiger charge is -2.27. The Morgan fingerprint density at radius 2 is 1.97 bits per heavy atom. The molecule has 1 aliphatic rings. The number of halogens is 1. The summed E-state index contributed by atoms with van der Waals surface area (Å²) in [6, 6.07) is 17.9. The summed E-state index contributed by atoms with van der Waals surface area (Å²) in [4.78, 5) is 9.01. The Bertz CT molecular complexity index is 1390. The van der Waals surface area contributed by atoms with Crippen LogP contribution in [0.5, 0.6) is 5.75 Å². The third-order valence-corrected chi connectivity index (χ3v) is 5.52. The second kappa shape index (κ2) is 6.47. The van der Waals surface area contributed by atoms with Crippen LogP contribution in [0.1, 0.15) is 22.6 Å². The summed E-state index contributed by atoms with van der Waals surface area (Å²) in [7, 11) is 0. The number of ether oxygens (including phenoxy) is 1. The number of benzene rings is 2. The van der Waals surface area contributed by atoms with Gasteiger partial charge in [-0.15, -0.1) is 0 Å². The van der Waals surface area contributed by atoms with Crippen molar-refractivity contribution < 1.29 is 4.74 Å². The molecule has 0 amide bonds. The minimum absolute atomic E-state index is 0.0589.